The molecule has 0 spiro atoms. The second-order valence-electron chi connectivity index (χ2n) is 4.72. The third-order valence-corrected chi connectivity index (χ3v) is 3.08. The van der Waals surface area contributed by atoms with Gasteiger partial charge in [0.25, 0.3) is 5.69 Å². The van der Waals surface area contributed by atoms with Gasteiger partial charge in [-0.05, 0) is 36.8 Å². The van der Waals surface area contributed by atoms with Gasteiger partial charge in [0.05, 0.1) is 17.1 Å². The van der Waals surface area contributed by atoms with Crippen molar-refractivity contribution in [3.05, 3.63) is 69.3 Å². The van der Waals surface area contributed by atoms with E-state index in [1.807, 2.05) is 0 Å². The molecule has 0 amide bonds. The van der Waals surface area contributed by atoms with Crippen molar-refractivity contribution >= 4 is 11.7 Å². The van der Waals surface area contributed by atoms with Gasteiger partial charge in [-0.1, -0.05) is 12.1 Å². The van der Waals surface area contributed by atoms with Gasteiger partial charge in [-0.3, -0.25) is 10.1 Å². The lowest BCUT2D eigenvalue weighted by Crippen LogP contribution is -2.08. The van der Waals surface area contributed by atoms with Crippen LogP contribution >= 0.6 is 0 Å². The first-order valence-corrected chi connectivity index (χ1v) is 6.56. The van der Waals surface area contributed by atoms with Gasteiger partial charge in [-0.2, -0.15) is 0 Å². The van der Waals surface area contributed by atoms with Gasteiger partial charge in [0.1, 0.15) is 5.75 Å². The Kier molecular flexibility index (Phi) is 4.85. The van der Waals surface area contributed by atoms with Crippen LogP contribution < -0.4 is 4.74 Å². The Morgan fingerprint density at radius 1 is 1.18 bits per heavy atom. The largest absolute Gasteiger partial charge is 0.423 e. The summed E-state index contributed by atoms with van der Waals surface area (Å²) in [6, 6.07) is 11.0. The summed E-state index contributed by atoms with van der Waals surface area (Å²) < 4.78 is 10.2. The molecular formula is C16H15NO5. The van der Waals surface area contributed by atoms with E-state index in [-0.39, 0.29) is 11.4 Å². The highest BCUT2D eigenvalue weighted by Crippen LogP contribution is 2.23. The summed E-state index contributed by atoms with van der Waals surface area (Å²) in [6.07, 6.45) is 0. The SMILES string of the molecule is COCc1ccc(C(=O)Oc2ccc([N+](=O)[O-])c(C)c2)cc1. The molecule has 0 atom stereocenters. The summed E-state index contributed by atoms with van der Waals surface area (Å²) in [5.74, 6) is -0.244. The van der Waals surface area contributed by atoms with Crippen LogP contribution in [0.4, 0.5) is 5.69 Å². The normalized spacial score (nSPS) is 10.3. The zero-order valence-electron chi connectivity index (χ0n) is 12.2. The molecule has 0 aromatic heterocycles. The van der Waals surface area contributed by atoms with Crippen molar-refractivity contribution in [2.75, 3.05) is 7.11 Å². The Morgan fingerprint density at radius 3 is 2.41 bits per heavy atom. The lowest BCUT2D eigenvalue weighted by Gasteiger charge is -2.06. The molecule has 6 heteroatoms. The van der Waals surface area contributed by atoms with Crippen molar-refractivity contribution in [1.29, 1.82) is 0 Å². The first-order chi connectivity index (χ1) is 10.5. The number of aryl methyl sites for hydroxylation is 1. The van der Waals surface area contributed by atoms with Crippen LogP contribution in [0.1, 0.15) is 21.5 Å². The van der Waals surface area contributed by atoms with Gasteiger partial charge in [0.15, 0.2) is 0 Å². The molecule has 114 valence electrons. The molecule has 0 heterocycles. The second-order valence-corrected chi connectivity index (χ2v) is 4.72. The minimum Gasteiger partial charge on any atom is -0.423 e. The summed E-state index contributed by atoms with van der Waals surface area (Å²) in [5.41, 5.74) is 1.77. The van der Waals surface area contributed by atoms with Crippen molar-refractivity contribution in [2.24, 2.45) is 0 Å². The van der Waals surface area contributed by atoms with E-state index in [1.54, 1.807) is 38.3 Å². The number of esters is 1. The van der Waals surface area contributed by atoms with E-state index >= 15 is 0 Å². The van der Waals surface area contributed by atoms with Crippen molar-refractivity contribution in [2.45, 2.75) is 13.5 Å². The van der Waals surface area contributed by atoms with Crippen molar-refractivity contribution in [1.82, 2.24) is 0 Å². The van der Waals surface area contributed by atoms with Crippen molar-refractivity contribution in [3.63, 3.8) is 0 Å². The van der Waals surface area contributed by atoms with Crippen LogP contribution in [-0.2, 0) is 11.3 Å². The minimum atomic E-state index is -0.516. The Hall–Kier alpha value is -2.73. The van der Waals surface area contributed by atoms with Gasteiger partial charge in [-0.25, -0.2) is 4.79 Å². The maximum atomic E-state index is 12.0. The van der Waals surface area contributed by atoms with Crippen LogP contribution in [0.3, 0.4) is 0 Å². The predicted molar refractivity (Wildman–Crippen MR) is 79.9 cm³/mol. The smallest absolute Gasteiger partial charge is 0.343 e. The molecule has 0 aliphatic rings. The minimum absolute atomic E-state index is 0.0104. The first kappa shape index (κ1) is 15.7. The van der Waals surface area contributed by atoms with Crippen LogP contribution in [0.25, 0.3) is 0 Å². The lowest BCUT2D eigenvalue weighted by molar-refractivity contribution is -0.385. The summed E-state index contributed by atoms with van der Waals surface area (Å²) in [7, 11) is 1.60. The summed E-state index contributed by atoms with van der Waals surface area (Å²) in [6.45, 7) is 2.06. The molecule has 2 rings (SSSR count). The number of nitro groups is 1. The number of hydrogen-bond donors (Lipinski definition) is 0. The van der Waals surface area contributed by atoms with E-state index in [0.29, 0.717) is 17.7 Å². The number of carbonyl (C=O) groups is 1. The second kappa shape index (κ2) is 6.82. The maximum absolute atomic E-state index is 12.0. The fourth-order valence-corrected chi connectivity index (χ4v) is 1.97. The van der Waals surface area contributed by atoms with Crippen LogP contribution in [0.5, 0.6) is 5.75 Å². The highest BCUT2D eigenvalue weighted by Gasteiger charge is 2.13. The average molecular weight is 301 g/mol. The number of carbonyl (C=O) groups excluding carboxylic acids is 1. The van der Waals surface area contributed by atoms with Crippen LogP contribution in [0.2, 0.25) is 0 Å². The van der Waals surface area contributed by atoms with E-state index in [9.17, 15) is 14.9 Å². The predicted octanol–water partition coefficient (Wildman–Crippen LogP) is 3.27. The zero-order chi connectivity index (χ0) is 16.1. The molecule has 0 saturated carbocycles. The summed E-state index contributed by atoms with van der Waals surface area (Å²) >= 11 is 0. The molecule has 2 aromatic carbocycles. The van der Waals surface area contributed by atoms with Gasteiger partial charge in [0.2, 0.25) is 0 Å². The topological polar surface area (TPSA) is 78.7 Å². The Bertz CT molecular complexity index is 694. The third kappa shape index (κ3) is 3.67. The first-order valence-electron chi connectivity index (χ1n) is 6.56. The monoisotopic (exact) mass is 301 g/mol. The summed E-state index contributed by atoms with van der Waals surface area (Å²) in [5, 5.41) is 10.7. The van der Waals surface area contributed by atoms with Gasteiger partial charge >= 0.3 is 5.97 Å². The standard InChI is InChI=1S/C16H15NO5/c1-11-9-14(7-8-15(11)17(19)20)22-16(18)13-5-3-12(4-6-13)10-21-2/h3-9H,10H2,1-2H3. The molecule has 2 aromatic rings. The maximum Gasteiger partial charge on any atom is 0.343 e. The molecule has 0 unspecified atom stereocenters. The average Bonchev–Trinajstić information content (AvgIpc) is 2.48. The lowest BCUT2D eigenvalue weighted by atomic mass is 10.1. The fourth-order valence-electron chi connectivity index (χ4n) is 1.97. The van der Waals surface area contributed by atoms with E-state index in [1.165, 1.54) is 18.2 Å². The third-order valence-electron chi connectivity index (χ3n) is 3.08. The Labute approximate surface area is 127 Å². The fraction of sp³-hybridized carbons (Fsp3) is 0.188. The molecule has 0 aliphatic carbocycles. The molecule has 0 aliphatic heterocycles. The highest BCUT2D eigenvalue weighted by atomic mass is 16.6. The molecule has 22 heavy (non-hydrogen) atoms. The van der Waals surface area contributed by atoms with E-state index in [2.05, 4.69) is 0 Å². The highest BCUT2D eigenvalue weighted by molar-refractivity contribution is 5.91. The number of nitro benzene ring substituents is 1. The molecule has 0 radical (unpaired) electrons. The quantitative estimate of drug-likeness (QED) is 0.366. The van der Waals surface area contributed by atoms with Crippen LogP contribution in [0.15, 0.2) is 42.5 Å². The molecular weight excluding hydrogens is 286 g/mol. The number of rotatable bonds is 5. The van der Waals surface area contributed by atoms with E-state index in [4.69, 9.17) is 9.47 Å². The number of nitrogens with zero attached hydrogens (tertiary/aromatic N) is 1. The number of methoxy groups -OCH3 is 1. The van der Waals surface area contributed by atoms with Gasteiger partial charge in [-0.15, -0.1) is 0 Å². The Morgan fingerprint density at radius 2 is 1.86 bits per heavy atom. The van der Waals surface area contributed by atoms with Gasteiger partial charge in [0, 0.05) is 18.7 Å². The number of benzene rings is 2. The molecule has 0 bridgehead atoms. The van der Waals surface area contributed by atoms with Crippen LogP contribution in [0, 0.1) is 17.0 Å². The molecule has 0 fully saturated rings. The van der Waals surface area contributed by atoms with Crippen LogP contribution in [-0.4, -0.2) is 18.0 Å². The van der Waals surface area contributed by atoms with E-state index in [0.717, 1.165) is 5.56 Å². The van der Waals surface area contributed by atoms with Gasteiger partial charge < -0.3 is 9.47 Å². The van der Waals surface area contributed by atoms with Crippen molar-refractivity contribution in [3.8, 4) is 5.75 Å². The summed E-state index contributed by atoms with van der Waals surface area (Å²) in [4.78, 5) is 22.3. The molecule has 0 N–H and O–H groups in total. The molecule has 6 nitrogen and oxygen atoms in total. The Balaban J connectivity index is 2.11. The zero-order valence-corrected chi connectivity index (χ0v) is 12.2. The van der Waals surface area contributed by atoms with E-state index < -0.39 is 10.9 Å². The number of hydrogen-bond acceptors (Lipinski definition) is 5. The molecule has 0 saturated heterocycles. The number of ether oxygens (including phenoxy) is 2. The van der Waals surface area contributed by atoms with Crippen molar-refractivity contribution < 1.29 is 19.2 Å².